The number of carbonyl (C=O) groups excluding carboxylic acids is 1. The standard InChI is InChI=1S/C18H21N3O3S/c1-23-16-4-2-3-14(11-16)5-6-17(22)20-18-19-15(13-25-18)12-21-7-9-24-10-8-21/h2-6,11,13H,7-10,12H2,1H3,(H,19,20,22)/b6-5-. The van der Waals surface area contributed by atoms with Crippen LogP contribution >= 0.6 is 11.3 Å². The number of carbonyl (C=O) groups is 1. The van der Waals surface area contributed by atoms with Crippen molar-refractivity contribution in [3.63, 3.8) is 0 Å². The molecular formula is C18H21N3O3S. The second-order valence-electron chi connectivity index (χ2n) is 5.63. The molecule has 7 heteroatoms. The van der Waals surface area contributed by atoms with E-state index >= 15 is 0 Å². The summed E-state index contributed by atoms with van der Waals surface area (Å²) in [4.78, 5) is 18.8. The van der Waals surface area contributed by atoms with E-state index in [9.17, 15) is 4.79 Å². The van der Waals surface area contributed by atoms with E-state index in [1.54, 1.807) is 13.2 Å². The molecule has 0 unspecified atom stereocenters. The highest BCUT2D eigenvalue weighted by Gasteiger charge is 2.13. The Balaban J connectivity index is 1.53. The molecule has 1 amide bonds. The van der Waals surface area contributed by atoms with Crippen LogP contribution in [0.3, 0.4) is 0 Å². The van der Waals surface area contributed by atoms with Gasteiger partial charge in [-0.25, -0.2) is 4.98 Å². The van der Waals surface area contributed by atoms with Crippen molar-refractivity contribution in [2.45, 2.75) is 6.54 Å². The third-order valence-corrected chi connectivity index (χ3v) is 4.60. The first-order chi connectivity index (χ1) is 12.2. The van der Waals surface area contributed by atoms with Crippen LogP contribution in [0.4, 0.5) is 5.13 Å². The number of rotatable bonds is 6. The van der Waals surface area contributed by atoms with Gasteiger partial charge in [0.05, 0.1) is 26.0 Å². The molecule has 0 spiro atoms. The fourth-order valence-corrected chi connectivity index (χ4v) is 3.19. The first-order valence-corrected chi connectivity index (χ1v) is 8.98. The molecule has 3 rings (SSSR count). The lowest BCUT2D eigenvalue weighted by Crippen LogP contribution is -2.35. The molecule has 6 nitrogen and oxygen atoms in total. The maximum atomic E-state index is 12.1. The molecule has 1 aromatic heterocycles. The number of hydrogen-bond donors (Lipinski definition) is 1. The Morgan fingerprint density at radius 1 is 1.44 bits per heavy atom. The Labute approximate surface area is 151 Å². The van der Waals surface area contributed by atoms with Crippen molar-refractivity contribution in [2.75, 3.05) is 38.7 Å². The largest absolute Gasteiger partial charge is 0.497 e. The van der Waals surface area contributed by atoms with E-state index in [4.69, 9.17) is 9.47 Å². The van der Waals surface area contributed by atoms with Gasteiger partial charge in [-0.2, -0.15) is 0 Å². The molecule has 0 aliphatic carbocycles. The van der Waals surface area contributed by atoms with Crippen LogP contribution in [0.5, 0.6) is 5.75 Å². The zero-order valence-corrected chi connectivity index (χ0v) is 14.9. The lowest BCUT2D eigenvalue weighted by Gasteiger charge is -2.25. The second kappa shape index (κ2) is 8.75. The second-order valence-corrected chi connectivity index (χ2v) is 6.49. The van der Waals surface area contributed by atoms with Crippen molar-refractivity contribution in [2.24, 2.45) is 0 Å². The molecule has 132 valence electrons. The highest BCUT2D eigenvalue weighted by atomic mass is 32.1. The van der Waals surface area contributed by atoms with Gasteiger partial charge in [0, 0.05) is 31.1 Å². The van der Waals surface area contributed by atoms with Crippen molar-refractivity contribution < 1.29 is 14.3 Å². The quantitative estimate of drug-likeness (QED) is 0.804. The zero-order chi connectivity index (χ0) is 17.5. The van der Waals surface area contributed by atoms with Gasteiger partial charge in [0.1, 0.15) is 5.75 Å². The molecule has 2 aromatic rings. The minimum absolute atomic E-state index is 0.199. The predicted octanol–water partition coefficient (Wildman–Crippen LogP) is 2.64. The maximum Gasteiger partial charge on any atom is 0.250 e. The summed E-state index contributed by atoms with van der Waals surface area (Å²) in [6.45, 7) is 4.16. The summed E-state index contributed by atoms with van der Waals surface area (Å²) < 4.78 is 10.5. The third-order valence-electron chi connectivity index (χ3n) is 3.79. The van der Waals surface area contributed by atoms with Crippen LogP contribution in [0.25, 0.3) is 6.08 Å². The molecule has 0 bridgehead atoms. The number of thiazole rings is 1. The van der Waals surface area contributed by atoms with Gasteiger partial charge in [0.2, 0.25) is 5.91 Å². The lowest BCUT2D eigenvalue weighted by molar-refractivity contribution is -0.111. The van der Waals surface area contributed by atoms with Gasteiger partial charge in [0.15, 0.2) is 5.13 Å². The zero-order valence-electron chi connectivity index (χ0n) is 14.1. The topological polar surface area (TPSA) is 63.7 Å². The highest BCUT2D eigenvalue weighted by molar-refractivity contribution is 7.13. The molecule has 1 aliphatic heterocycles. The number of anilines is 1. The Kier molecular flexibility index (Phi) is 6.16. The summed E-state index contributed by atoms with van der Waals surface area (Å²) in [6.07, 6.45) is 3.25. The molecule has 1 fully saturated rings. The highest BCUT2D eigenvalue weighted by Crippen LogP contribution is 2.18. The Bertz CT molecular complexity index is 739. The fourth-order valence-electron chi connectivity index (χ4n) is 2.49. The van der Waals surface area contributed by atoms with E-state index in [-0.39, 0.29) is 5.91 Å². The monoisotopic (exact) mass is 359 g/mol. The number of amides is 1. The molecule has 0 atom stereocenters. The minimum atomic E-state index is -0.199. The summed E-state index contributed by atoms with van der Waals surface area (Å²) in [7, 11) is 1.62. The van der Waals surface area contributed by atoms with Crippen molar-refractivity contribution in [1.82, 2.24) is 9.88 Å². The van der Waals surface area contributed by atoms with Gasteiger partial charge in [-0.3, -0.25) is 15.0 Å². The molecule has 1 saturated heterocycles. The SMILES string of the molecule is COc1cccc(/C=C\C(=O)Nc2nc(CN3CCOCC3)cs2)c1. The Hall–Kier alpha value is -2.22. The minimum Gasteiger partial charge on any atom is -0.497 e. The van der Waals surface area contributed by atoms with Gasteiger partial charge < -0.3 is 9.47 Å². The van der Waals surface area contributed by atoms with E-state index < -0.39 is 0 Å². The van der Waals surface area contributed by atoms with E-state index in [0.717, 1.165) is 49.9 Å². The van der Waals surface area contributed by atoms with Gasteiger partial charge in [0.25, 0.3) is 0 Å². The smallest absolute Gasteiger partial charge is 0.250 e. The number of ether oxygens (including phenoxy) is 2. The fraction of sp³-hybridized carbons (Fsp3) is 0.333. The Morgan fingerprint density at radius 3 is 3.08 bits per heavy atom. The number of hydrogen-bond acceptors (Lipinski definition) is 6. The van der Waals surface area contributed by atoms with Crippen LogP contribution in [-0.4, -0.2) is 49.2 Å². The number of benzene rings is 1. The first-order valence-electron chi connectivity index (χ1n) is 8.10. The van der Waals surface area contributed by atoms with Crippen LogP contribution in [0, 0.1) is 0 Å². The summed E-state index contributed by atoms with van der Waals surface area (Å²) in [5.41, 5.74) is 1.88. The van der Waals surface area contributed by atoms with Crippen LogP contribution in [0.2, 0.25) is 0 Å². The van der Waals surface area contributed by atoms with E-state index in [2.05, 4.69) is 15.2 Å². The average molecular weight is 359 g/mol. The van der Waals surface area contributed by atoms with Crippen molar-refractivity contribution in [3.05, 3.63) is 47.0 Å². The van der Waals surface area contributed by atoms with Crippen LogP contribution in [0.1, 0.15) is 11.3 Å². The van der Waals surface area contributed by atoms with Crippen LogP contribution < -0.4 is 10.1 Å². The van der Waals surface area contributed by atoms with Gasteiger partial charge >= 0.3 is 0 Å². The number of nitrogens with one attached hydrogen (secondary N) is 1. The summed E-state index contributed by atoms with van der Waals surface area (Å²) in [5, 5.41) is 5.40. The van der Waals surface area contributed by atoms with Crippen molar-refractivity contribution in [3.8, 4) is 5.75 Å². The summed E-state index contributed by atoms with van der Waals surface area (Å²) in [5.74, 6) is 0.560. The lowest BCUT2D eigenvalue weighted by atomic mass is 10.2. The van der Waals surface area contributed by atoms with Gasteiger partial charge in [-0.05, 0) is 23.8 Å². The number of aromatic nitrogens is 1. The molecule has 0 radical (unpaired) electrons. The maximum absolute atomic E-state index is 12.1. The predicted molar refractivity (Wildman–Crippen MR) is 98.9 cm³/mol. The van der Waals surface area contributed by atoms with Crippen LogP contribution in [-0.2, 0) is 16.1 Å². The molecule has 1 aromatic carbocycles. The van der Waals surface area contributed by atoms with E-state index in [0.29, 0.717) is 5.13 Å². The molecule has 25 heavy (non-hydrogen) atoms. The van der Waals surface area contributed by atoms with Crippen LogP contribution in [0.15, 0.2) is 35.7 Å². The molecular weight excluding hydrogens is 338 g/mol. The first kappa shape index (κ1) is 17.6. The number of nitrogens with zero attached hydrogens (tertiary/aromatic N) is 2. The summed E-state index contributed by atoms with van der Waals surface area (Å²) >= 11 is 1.44. The van der Waals surface area contributed by atoms with E-state index in [1.807, 2.05) is 29.6 Å². The normalized spacial score (nSPS) is 15.4. The third kappa shape index (κ3) is 5.38. The molecule has 1 N–H and O–H groups in total. The molecule has 2 heterocycles. The van der Waals surface area contributed by atoms with Gasteiger partial charge in [-0.1, -0.05) is 12.1 Å². The average Bonchev–Trinajstić information content (AvgIpc) is 3.08. The molecule has 0 saturated carbocycles. The Morgan fingerprint density at radius 2 is 2.28 bits per heavy atom. The molecule has 1 aliphatic rings. The number of methoxy groups -OCH3 is 1. The van der Waals surface area contributed by atoms with E-state index in [1.165, 1.54) is 17.4 Å². The van der Waals surface area contributed by atoms with Crippen molar-refractivity contribution >= 4 is 28.5 Å². The number of morpholine rings is 1. The summed E-state index contributed by atoms with van der Waals surface area (Å²) in [6, 6.07) is 7.53. The van der Waals surface area contributed by atoms with Crippen molar-refractivity contribution in [1.29, 1.82) is 0 Å². The van der Waals surface area contributed by atoms with Gasteiger partial charge in [-0.15, -0.1) is 11.3 Å².